The minimum atomic E-state index is -1.19. The van der Waals surface area contributed by atoms with E-state index < -0.39 is 24.1 Å². The average Bonchev–Trinajstić information content (AvgIpc) is 2.53. The number of carbonyl (C=O) groups is 4. The number of amides is 3. The van der Waals surface area contributed by atoms with Crippen LogP contribution in [0.3, 0.4) is 0 Å². The molecular weight excluding hydrogens is 304 g/mol. The Kier molecular flexibility index (Phi) is 7.25. The number of carbonyl (C=O) groups excluding carboxylic acids is 4. The molecule has 8 heteroatoms. The number of esters is 1. The SMILES string of the molecule is COC(=O)NC(=O)[C@H](C)OC(=O)CNC(=O)Cc1ccccc1. The predicted molar refractivity (Wildman–Crippen MR) is 79.3 cm³/mol. The van der Waals surface area contributed by atoms with Crippen molar-refractivity contribution in [2.24, 2.45) is 0 Å². The van der Waals surface area contributed by atoms with Gasteiger partial charge < -0.3 is 14.8 Å². The fraction of sp³-hybridized carbons (Fsp3) is 0.333. The molecule has 2 N–H and O–H groups in total. The molecule has 0 saturated carbocycles. The van der Waals surface area contributed by atoms with Gasteiger partial charge in [-0.1, -0.05) is 30.3 Å². The van der Waals surface area contributed by atoms with Crippen LogP contribution < -0.4 is 10.6 Å². The van der Waals surface area contributed by atoms with Gasteiger partial charge in [0.05, 0.1) is 13.5 Å². The van der Waals surface area contributed by atoms with Crippen LogP contribution in [0.4, 0.5) is 4.79 Å². The van der Waals surface area contributed by atoms with E-state index in [1.165, 1.54) is 6.92 Å². The first-order valence-corrected chi connectivity index (χ1v) is 6.81. The van der Waals surface area contributed by atoms with Crippen molar-refractivity contribution in [3.05, 3.63) is 35.9 Å². The third-order valence-corrected chi connectivity index (χ3v) is 2.73. The molecule has 0 aromatic heterocycles. The number of ether oxygens (including phenoxy) is 2. The highest BCUT2D eigenvalue weighted by Crippen LogP contribution is 1.99. The Balaban J connectivity index is 2.32. The van der Waals surface area contributed by atoms with E-state index >= 15 is 0 Å². The molecule has 0 aliphatic rings. The molecule has 0 radical (unpaired) electrons. The summed E-state index contributed by atoms with van der Waals surface area (Å²) in [5.74, 6) is -1.96. The van der Waals surface area contributed by atoms with Crippen LogP contribution in [0.15, 0.2) is 30.3 Å². The highest BCUT2D eigenvalue weighted by atomic mass is 16.6. The molecule has 0 saturated heterocycles. The Morgan fingerprint density at radius 3 is 2.39 bits per heavy atom. The summed E-state index contributed by atoms with van der Waals surface area (Å²) < 4.78 is 9.03. The molecule has 0 heterocycles. The monoisotopic (exact) mass is 322 g/mol. The lowest BCUT2D eigenvalue weighted by Crippen LogP contribution is -2.41. The van der Waals surface area contributed by atoms with Gasteiger partial charge in [-0.2, -0.15) is 0 Å². The highest BCUT2D eigenvalue weighted by Gasteiger charge is 2.20. The van der Waals surface area contributed by atoms with Crippen LogP contribution in [-0.4, -0.2) is 43.6 Å². The molecule has 0 aliphatic carbocycles. The number of imide groups is 1. The fourth-order valence-corrected chi connectivity index (χ4v) is 1.56. The van der Waals surface area contributed by atoms with Crippen molar-refractivity contribution in [2.45, 2.75) is 19.4 Å². The molecule has 124 valence electrons. The number of rotatable bonds is 6. The molecule has 8 nitrogen and oxygen atoms in total. The van der Waals surface area contributed by atoms with Crippen LogP contribution in [0.25, 0.3) is 0 Å². The second kappa shape index (κ2) is 9.19. The number of alkyl carbamates (subject to hydrolysis) is 1. The van der Waals surface area contributed by atoms with Crippen LogP contribution in [0.2, 0.25) is 0 Å². The van der Waals surface area contributed by atoms with Crippen molar-refractivity contribution in [1.82, 2.24) is 10.6 Å². The van der Waals surface area contributed by atoms with Crippen LogP contribution in [0.1, 0.15) is 12.5 Å². The second-order valence-electron chi connectivity index (χ2n) is 4.55. The van der Waals surface area contributed by atoms with Crippen LogP contribution in [0, 0.1) is 0 Å². The molecule has 23 heavy (non-hydrogen) atoms. The maximum absolute atomic E-state index is 11.7. The molecule has 0 bridgehead atoms. The Labute approximate surface area is 133 Å². The van der Waals surface area contributed by atoms with Crippen LogP contribution >= 0.6 is 0 Å². The number of benzene rings is 1. The molecule has 1 atom stereocenters. The van der Waals surface area contributed by atoms with Gasteiger partial charge in [0, 0.05) is 0 Å². The molecule has 1 aromatic carbocycles. The summed E-state index contributed by atoms with van der Waals surface area (Å²) in [4.78, 5) is 45.5. The van der Waals surface area contributed by atoms with E-state index in [1.54, 1.807) is 24.3 Å². The molecule has 0 unspecified atom stereocenters. The maximum Gasteiger partial charge on any atom is 0.413 e. The predicted octanol–water partition coefficient (Wildman–Crippen LogP) is 0.160. The maximum atomic E-state index is 11.7. The van der Waals surface area contributed by atoms with E-state index in [4.69, 9.17) is 4.74 Å². The lowest BCUT2D eigenvalue weighted by Gasteiger charge is -2.12. The van der Waals surface area contributed by atoms with Gasteiger partial charge in [0.15, 0.2) is 6.10 Å². The summed E-state index contributed by atoms with van der Waals surface area (Å²) in [6, 6.07) is 9.02. The van der Waals surface area contributed by atoms with Gasteiger partial charge in [-0.3, -0.25) is 19.7 Å². The smallest absolute Gasteiger partial charge is 0.413 e. The molecule has 0 spiro atoms. The molecule has 0 fully saturated rings. The lowest BCUT2D eigenvalue weighted by atomic mass is 10.1. The van der Waals surface area contributed by atoms with E-state index in [0.29, 0.717) is 0 Å². The highest BCUT2D eigenvalue weighted by molar-refractivity contribution is 5.95. The Morgan fingerprint density at radius 2 is 1.78 bits per heavy atom. The van der Waals surface area contributed by atoms with Crippen molar-refractivity contribution < 1.29 is 28.7 Å². The van der Waals surface area contributed by atoms with Crippen molar-refractivity contribution >= 4 is 23.9 Å². The Morgan fingerprint density at radius 1 is 1.13 bits per heavy atom. The number of hydrogen-bond donors (Lipinski definition) is 2. The minimum Gasteiger partial charge on any atom is -0.453 e. The van der Waals surface area contributed by atoms with Gasteiger partial charge in [0.25, 0.3) is 5.91 Å². The van der Waals surface area contributed by atoms with Crippen molar-refractivity contribution in [1.29, 1.82) is 0 Å². The summed E-state index contributed by atoms with van der Waals surface area (Å²) in [5, 5.41) is 4.26. The van der Waals surface area contributed by atoms with E-state index in [0.717, 1.165) is 12.7 Å². The molecule has 1 aromatic rings. The standard InChI is InChI=1S/C15H18N2O6/c1-10(14(20)17-15(21)22-2)23-13(19)9-16-12(18)8-11-6-4-3-5-7-11/h3-7,10H,8-9H2,1-2H3,(H,16,18)(H,17,20,21)/t10-/m0/s1. The normalized spacial score (nSPS) is 11.0. The Bertz CT molecular complexity index is 573. The Hall–Kier alpha value is -2.90. The summed E-state index contributed by atoms with van der Waals surface area (Å²) in [6.45, 7) is 0.920. The van der Waals surface area contributed by atoms with E-state index in [1.807, 2.05) is 11.4 Å². The first-order chi connectivity index (χ1) is 10.9. The van der Waals surface area contributed by atoms with Gasteiger partial charge in [-0.25, -0.2) is 4.79 Å². The first-order valence-electron chi connectivity index (χ1n) is 6.81. The zero-order valence-corrected chi connectivity index (χ0v) is 12.8. The van der Waals surface area contributed by atoms with Crippen LogP contribution in [0.5, 0.6) is 0 Å². The number of methoxy groups -OCH3 is 1. The fourth-order valence-electron chi connectivity index (χ4n) is 1.56. The molecule has 0 aliphatic heterocycles. The van der Waals surface area contributed by atoms with Gasteiger partial charge in [0.1, 0.15) is 6.54 Å². The van der Waals surface area contributed by atoms with Gasteiger partial charge in [-0.05, 0) is 12.5 Å². The third-order valence-electron chi connectivity index (χ3n) is 2.73. The second-order valence-corrected chi connectivity index (χ2v) is 4.55. The topological polar surface area (TPSA) is 111 Å². The molecular formula is C15H18N2O6. The summed E-state index contributed by atoms with van der Waals surface area (Å²) >= 11 is 0. The van der Waals surface area contributed by atoms with E-state index in [-0.39, 0.29) is 18.9 Å². The average molecular weight is 322 g/mol. The van der Waals surface area contributed by atoms with Gasteiger partial charge in [-0.15, -0.1) is 0 Å². The van der Waals surface area contributed by atoms with Crippen molar-refractivity contribution in [3.63, 3.8) is 0 Å². The zero-order valence-electron chi connectivity index (χ0n) is 12.8. The number of nitrogens with one attached hydrogen (secondary N) is 2. The van der Waals surface area contributed by atoms with Crippen LogP contribution in [-0.2, 0) is 30.3 Å². The van der Waals surface area contributed by atoms with Gasteiger partial charge in [0.2, 0.25) is 5.91 Å². The largest absolute Gasteiger partial charge is 0.453 e. The van der Waals surface area contributed by atoms with Crippen molar-refractivity contribution in [3.8, 4) is 0 Å². The quantitative estimate of drug-likeness (QED) is 0.722. The van der Waals surface area contributed by atoms with E-state index in [2.05, 4.69) is 10.1 Å². The number of hydrogen-bond acceptors (Lipinski definition) is 6. The van der Waals surface area contributed by atoms with Gasteiger partial charge >= 0.3 is 12.1 Å². The lowest BCUT2D eigenvalue weighted by molar-refractivity contribution is -0.154. The summed E-state index contributed by atoms with van der Waals surface area (Å²) in [5.41, 5.74) is 0.809. The first kappa shape index (κ1) is 18.1. The van der Waals surface area contributed by atoms with Crippen molar-refractivity contribution in [2.75, 3.05) is 13.7 Å². The minimum absolute atomic E-state index is 0.131. The molecule has 1 rings (SSSR count). The summed E-state index contributed by atoms with van der Waals surface area (Å²) in [7, 11) is 1.10. The molecule has 3 amide bonds. The zero-order chi connectivity index (χ0) is 17.2. The third kappa shape index (κ3) is 7.07. The summed E-state index contributed by atoms with van der Waals surface area (Å²) in [6.07, 6.45) is -2.01. The van der Waals surface area contributed by atoms with E-state index in [9.17, 15) is 19.2 Å².